The van der Waals surface area contributed by atoms with Crippen LogP contribution in [0.25, 0.3) is 0 Å². The third-order valence-electron chi connectivity index (χ3n) is 1.49. The number of nitrogens with zero attached hydrogens (tertiary/aromatic N) is 1. The zero-order valence-electron chi connectivity index (χ0n) is 6.56. The summed E-state index contributed by atoms with van der Waals surface area (Å²) in [6, 6.07) is 2.93. The van der Waals surface area contributed by atoms with Crippen molar-refractivity contribution >= 4 is 5.97 Å². The van der Waals surface area contributed by atoms with E-state index in [9.17, 15) is 4.79 Å². The number of hydrogen-bond donors (Lipinski definition) is 2. The first-order valence-electron chi connectivity index (χ1n) is 3.48. The van der Waals surface area contributed by atoms with Crippen molar-refractivity contribution in [3.05, 3.63) is 29.6 Å². The van der Waals surface area contributed by atoms with Crippen LogP contribution in [0, 0.1) is 0 Å². The number of aromatic nitrogens is 1. The number of rotatable bonds is 2. The van der Waals surface area contributed by atoms with Gasteiger partial charge in [-0.3, -0.25) is 0 Å². The Balaban J connectivity index is 3.04. The molecule has 0 bridgehead atoms. The third-order valence-corrected chi connectivity index (χ3v) is 1.49. The second kappa shape index (κ2) is 3.32. The molecule has 12 heavy (non-hydrogen) atoms. The lowest BCUT2D eigenvalue weighted by Crippen LogP contribution is -2.02. The Kier molecular flexibility index (Phi) is 2.40. The highest BCUT2D eigenvalue weighted by Crippen LogP contribution is 2.11. The molecule has 1 rings (SSSR count). The van der Waals surface area contributed by atoms with Gasteiger partial charge in [0, 0.05) is 6.20 Å². The van der Waals surface area contributed by atoms with Gasteiger partial charge in [0.25, 0.3) is 0 Å². The maximum absolute atomic E-state index is 10.4. The Morgan fingerprint density at radius 1 is 1.67 bits per heavy atom. The van der Waals surface area contributed by atoms with Crippen molar-refractivity contribution in [2.75, 3.05) is 0 Å². The quantitative estimate of drug-likeness (QED) is 0.684. The lowest BCUT2D eigenvalue weighted by atomic mass is 10.1. The number of aliphatic hydroxyl groups excluding tert-OH is 1. The van der Waals surface area contributed by atoms with Gasteiger partial charge in [-0.1, -0.05) is 0 Å². The van der Waals surface area contributed by atoms with Gasteiger partial charge in [-0.05, 0) is 24.6 Å². The van der Waals surface area contributed by atoms with E-state index in [1.54, 1.807) is 13.0 Å². The average Bonchev–Trinajstić information content (AvgIpc) is 2.04. The predicted octanol–water partition coefficient (Wildman–Crippen LogP) is 0.833. The lowest BCUT2D eigenvalue weighted by molar-refractivity contribution is 0.0690. The molecule has 0 aliphatic carbocycles. The highest BCUT2D eigenvalue weighted by Gasteiger charge is 2.07. The van der Waals surface area contributed by atoms with Crippen LogP contribution in [-0.4, -0.2) is 21.2 Å². The van der Waals surface area contributed by atoms with Crippen molar-refractivity contribution in [1.82, 2.24) is 4.98 Å². The monoisotopic (exact) mass is 167 g/mol. The lowest BCUT2D eigenvalue weighted by Gasteiger charge is -2.03. The predicted molar refractivity (Wildman–Crippen MR) is 41.8 cm³/mol. The summed E-state index contributed by atoms with van der Waals surface area (Å²) < 4.78 is 0. The van der Waals surface area contributed by atoms with E-state index in [1.807, 2.05) is 0 Å². The van der Waals surface area contributed by atoms with Gasteiger partial charge in [-0.2, -0.15) is 0 Å². The van der Waals surface area contributed by atoms with Crippen LogP contribution in [0.1, 0.15) is 29.1 Å². The van der Waals surface area contributed by atoms with Gasteiger partial charge in [0.05, 0.1) is 6.10 Å². The smallest absolute Gasteiger partial charge is 0.354 e. The van der Waals surface area contributed by atoms with Crippen LogP contribution in [0.15, 0.2) is 18.3 Å². The molecule has 4 nitrogen and oxygen atoms in total. The number of carboxylic acids is 1. The SMILES string of the molecule is CC(O)c1ccnc(C(=O)O)c1. The molecule has 0 aliphatic heterocycles. The molecule has 0 amide bonds. The first kappa shape index (κ1) is 8.67. The highest BCUT2D eigenvalue weighted by molar-refractivity contribution is 5.85. The summed E-state index contributed by atoms with van der Waals surface area (Å²) in [6.45, 7) is 1.57. The molecule has 64 valence electrons. The van der Waals surface area contributed by atoms with E-state index < -0.39 is 12.1 Å². The van der Waals surface area contributed by atoms with Crippen molar-refractivity contribution < 1.29 is 15.0 Å². The van der Waals surface area contributed by atoms with Crippen molar-refractivity contribution in [3.8, 4) is 0 Å². The number of aliphatic hydroxyl groups is 1. The fourth-order valence-electron chi connectivity index (χ4n) is 0.824. The molecule has 0 aliphatic rings. The maximum atomic E-state index is 10.4. The van der Waals surface area contributed by atoms with Gasteiger partial charge in [0.2, 0.25) is 0 Å². The Bertz CT molecular complexity index is 296. The fourth-order valence-corrected chi connectivity index (χ4v) is 0.824. The summed E-state index contributed by atoms with van der Waals surface area (Å²) in [6.07, 6.45) is 0.706. The third kappa shape index (κ3) is 1.79. The number of carboxylic acid groups (broad SMARTS) is 1. The van der Waals surface area contributed by atoms with Crippen molar-refractivity contribution in [3.63, 3.8) is 0 Å². The largest absolute Gasteiger partial charge is 0.477 e. The normalized spacial score (nSPS) is 12.5. The number of carbonyl (C=O) groups is 1. The van der Waals surface area contributed by atoms with Crippen LogP contribution in [0.2, 0.25) is 0 Å². The minimum absolute atomic E-state index is 0.0478. The zero-order chi connectivity index (χ0) is 9.14. The number of pyridine rings is 1. The van der Waals surface area contributed by atoms with E-state index in [0.717, 1.165) is 0 Å². The maximum Gasteiger partial charge on any atom is 0.354 e. The summed E-state index contributed by atoms with van der Waals surface area (Å²) in [5.74, 6) is -1.09. The Morgan fingerprint density at radius 3 is 2.83 bits per heavy atom. The molecule has 1 atom stereocenters. The molecule has 4 heteroatoms. The summed E-state index contributed by atoms with van der Waals surface area (Å²) >= 11 is 0. The molecule has 1 unspecified atom stereocenters. The van der Waals surface area contributed by atoms with Crippen LogP contribution < -0.4 is 0 Å². The summed E-state index contributed by atoms with van der Waals surface area (Å²) in [4.78, 5) is 14.0. The Morgan fingerprint density at radius 2 is 2.33 bits per heavy atom. The molecule has 2 N–H and O–H groups in total. The second-order valence-electron chi connectivity index (χ2n) is 2.46. The molecule has 0 radical (unpaired) electrons. The van der Waals surface area contributed by atoms with Gasteiger partial charge >= 0.3 is 5.97 Å². The molecule has 0 saturated heterocycles. The molecule has 0 saturated carbocycles. The van der Waals surface area contributed by atoms with Crippen LogP contribution in [-0.2, 0) is 0 Å². The summed E-state index contributed by atoms with van der Waals surface area (Å²) in [7, 11) is 0. The first-order valence-corrected chi connectivity index (χ1v) is 3.48. The van der Waals surface area contributed by atoms with Crippen LogP contribution in [0.3, 0.4) is 0 Å². The minimum atomic E-state index is -1.09. The van der Waals surface area contributed by atoms with E-state index in [4.69, 9.17) is 10.2 Å². The van der Waals surface area contributed by atoms with Crippen LogP contribution >= 0.6 is 0 Å². The molecule has 1 heterocycles. The van der Waals surface area contributed by atoms with Crippen LogP contribution in [0.5, 0.6) is 0 Å². The molecule has 1 aromatic heterocycles. The van der Waals surface area contributed by atoms with Gasteiger partial charge in [-0.15, -0.1) is 0 Å². The van der Waals surface area contributed by atoms with Crippen LogP contribution in [0.4, 0.5) is 0 Å². The van der Waals surface area contributed by atoms with Gasteiger partial charge in [0.15, 0.2) is 0 Å². The van der Waals surface area contributed by atoms with E-state index in [2.05, 4.69) is 4.98 Å². The number of hydrogen-bond acceptors (Lipinski definition) is 3. The van der Waals surface area contributed by atoms with E-state index in [1.165, 1.54) is 12.3 Å². The molecule has 0 spiro atoms. The van der Waals surface area contributed by atoms with Crippen molar-refractivity contribution in [1.29, 1.82) is 0 Å². The van der Waals surface area contributed by atoms with Gasteiger partial charge in [-0.25, -0.2) is 9.78 Å². The van der Waals surface area contributed by atoms with Crippen molar-refractivity contribution in [2.24, 2.45) is 0 Å². The standard InChI is InChI=1S/C8H9NO3/c1-5(10)6-2-3-9-7(4-6)8(11)12/h2-5,10H,1H3,(H,11,12). The molecular formula is C8H9NO3. The fraction of sp³-hybridized carbons (Fsp3) is 0.250. The molecule has 0 aromatic carbocycles. The topological polar surface area (TPSA) is 70.4 Å². The summed E-state index contributed by atoms with van der Waals surface area (Å²) in [5.41, 5.74) is 0.510. The Hall–Kier alpha value is -1.42. The average molecular weight is 167 g/mol. The van der Waals surface area contributed by atoms with E-state index in [-0.39, 0.29) is 5.69 Å². The minimum Gasteiger partial charge on any atom is -0.477 e. The molecule has 0 fully saturated rings. The number of aromatic carboxylic acids is 1. The van der Waals surface area contributed by atoms with E-state index in [0.29, 0.717) is 5.56 Å². The van der Waals surface area contributed by atoms with E-state index >= 15 is 0 Å². The highest BCUT2D eigenvalue weighted by atomic mass is 16.4. The van der Waals surface area contributed by atoms with Gasteiger partial charge < -0.3 is 10.2 Å². The van der Waals surface area contributed by atoms with Gasteiger partial charge in [0.1, 0.15) is 5.69 Å². The molecular weight excluding hydrogens is 158 g/mol. The Labute approximate surface area is 69.5 Å². The van der Waals surface area contributed by atoms with Crippen molar-refractivity contribution in [2.45, 2.75) is 13.0 Å². The first-order chi connectivity index (χ1) is 5.61. The zero-order valence-corrected chi connectivity index (χ0v) is 6.56. The molecule has 1 aromatic rings. The second-order valence-corrected chi connectivity index (χ2v) is 2.46. The summed E-state index contributed by atoms with van der Waals surface area (Å²) in [5, 5.41) is 17.7.